The lowest BCUT2D eigenvalue weighted by Crippen LogP contribution is -2.07. The molecule has 1 aliphatic carbocycles. The van der Waals surface area contributed by atoms with Crippen molar-refractivity contribution in [3.63, 3.8) is 0 Å². The Hall–Kier alpha value is -1.78. The molecule has 0 bridgehead atoms. The lowest BCUT2D eigenvalue weighted by Gasteiger charge is -2.09. The van der Waals surface area contributed by atoms with Gasteiger partial charge in [-0.05, 0) is 25.8 Å². The molecular weight excluding hydrogens is 238 g/mol. The first-order valence-corrected chi connectivity index (χ1v) is 7.00. The van der Waals surface area contributed by atoms with E-state index in [0.29, 0.717) is 6.04 Å². The summed E-state index contributed by atoms with van der Waals surface area (Å²) in [6.07, 6.45) is 9.35. The zero-order chi connectivity index (χ0) is 13.2. The van der Waals surface area contributed by atoms with E-state index in [1.807, 2.05) is 24.9 Å². The van der Waals surface area contributed by atoms with Crippen molar-refractivity contribution in [2.24, 2.45) is 7.05 Å². The lowest BCUT2D eigenvalue weighted by molar-refractivity contribution is 0.463. The fraction of sp³-hybridized carbons (Fsp3) is 0.571. The van der Waals surface area contributed by atoms with Gasteiger partial charge in [-0.3, -0.25) is 9.36 Å². The van der Waals surface area contributed by atoms with Crippen molar-refractivity contribution in [2.75, 3.05) is 5.32 Å². The van der Waals surface area contributed by atoms with Gasteiger partial charge in [0.25, 0.3) is 0 Å². The molecule has 19 heavy (non-hydrogen) atoms. The minimum absolute atomic E-state index is 0.619. The van der Waals surface area contributed by atoms with Gasteiger partial charge in [0.2, 0.25) is 0 Å². The summed E-state index contributed by atoms with van der Waals surface area (Å²) in [6, 6.07) is 2.73. The number of hydrogen-bond donors (Lipinski definition) is 1. The third-order valence-corrected chi connectivity index (χ3v) is 3.84. The van der Waals surface area contributed by atoms with E-state index >= 15 is 0 Å². The Morgan fingerprint density at radius 2 is 2.11 bits per heavy atom. The standard InChI is InChI=1S/C14H21N5/c1-11-14(10-18(2)16-11)15-9-12-7-8-19(17-12)13-5-3-4-6-13/h7-8,10,13,15H,3-6,9H2,1-2H3. The second-order valence-corrected chi connectivity index (χ2v) is 5.38. The maximum atomic E-state index is 4.67. The van der Waals surface area contributed by atoms with Crippen LogP contribution in [0.5, 0.6) is 0 Å². The smallest absolute Gasteiger partial charge is 0.0825 e. The number of rotatable bonds is 4. The topological polar surface area (TPSA) is 47.7 Å². The van der Waals surface area contributed by atoms with Crippen molar-refractivity contribution in [3.05, 3.63) is 29.8 Å². The molecule has 2 heterocycles. The highest BCUT2D eigenvalue weighted by atomic mass is 15.3. The predicted molar refractivity (Wildman–Crippen MR) is 75.0 cm³/mol. The molecule has 1 N–H and O–H groups in total. The van der Waals surface area contributed by atoms with E-state index in [-0.39, 0.29) is 0 Å². The molecule has 0 aromatic carbocycles. The molecule has 3 rings (SSSR count). The molecule has 5 heteroatoms. The van der Waals surface area contributed by atoms with Gasteiger partial charge in [-0.2, -0.15) is 10.2 Å². The van der Waals surface area contributed by atoms with Crippen molar-refractivity contribution < 1.29 is 0 Å². The van der Waals surface area contributed by atoms with Crippen LogP contribution in [0.3, 0.4) is 0 Å². The van der Waals surface area contributed by atoms with E-state index in [0.717, 1.165) is 23.6 Å². The zero-order valence-corrected chi connectivity index (χ0v) is 11.6. The van der Waals surface area contributed by atoms with E-state index in [9.17, 15) is 0 Å². The average Bonchev–Trinajstić information content (AvgIpc) is 3.07. The van der Waals surface area contributed by atoms with Crippen LogP contribution < -0.4 is 5.32 Å². The maximum absolute atomic E-state index is 4.67. The summed E-state index contributed by atoms with van der Waals surface area (Å²) in [5.41, 5.74) is 3.20. The highest BCUT2D eigenvalue weighted by Crippen LogP contribution is 2.28. The fourth-order valence-corrected chi connectivity index (χ4v) is 2.80. The van der Waals surface area contributed by atoms with Crippen molar-refractivity contribution in [2.45, 2.75) is 45.2 Å². The summed E-state index contributed by atoms with van der Waals surface area (Å²) >= 11 is 0. The second-order valence-electron chi connectivity index (χ2n) is 5.38. The van der Waals surface area contributed by atoms with Gasteiger partial charge in [-0.25, -0.2) is 0 Å². The molecule has 0 atom stereocenters. The van der Waals surface area contributed by atoms with Crippen LogP contribution >= 0.6 is 0 Å². The van der Waals surface area contributed by atoms with Gasteiger partial charge in [0, 0.05) is 19.4 Å². The van der Waals surface area contributed by atoms with Gasteiger partial charge in [-0.1, -0.05) is 12.8 Å². The number of anilines is 1. The van der Waals surface area contributed by atoms with Crippen molar-refractivity contribution in [1.29, 1.82) is 0 Å². The molecular formula is C14H21N5. The van der Waals surface area contributed by atoms with Gasteiger partial charge in [0.15, 0.2) is 0 Å². The summed E-state index contributed by atoms with van der Waals surface area (Å²) in [5, 5.41) is 12.4. The third-order valence-electron chi connectivity index (χ3n) is 3.84. The quantitative estimate of drug-likeness (QED) is 0.918. The lowest BCUT2D eigenvalue weighted by atomic mass is 10.3. The first-order valence-electron chi connectivity index (χ1n) is 7.00. The number of nitrogens with zero attached hydrogens (tertiary/aromatic N) is 4. The Morgan fingerprint density at radius 1 is 1.32 bits per heavy atom. The number of aryl methyl sites for hydroxylation is 2. The van der Waals surface area contributed by atoms with Crippen LogP contribution in [0.1, 0.15) is 43.1 Å². The van der Waals surface area contributed by atoms with Gasteiger partial charge in [-0.15, -0.1) is 0 Å². The SMILES string of the molecule is Cc1nn(C)cc1NCc1ccn(C2CCCC2)n1. The molecule has 0 saturated heterocycles. The van der Waals surface area contributed by atoms with Gasteiger partial charge < -0.3 is 5.32 Å². The Bertz CT molecular complexity index is 548. The zero-order valence-electron chi connectivity index (χ0n) is 11.6. The van der Waals surface area contributed by atoms with Crippen molar-refractivity contribution in [1.82, 2.24) is 19.6 Å². The van der Waals surface area contributed by atoms with E-state index in [1.165, 1.54) is 25.7 Å². The molecule has 2 aromatic rings. The molecule has 1 saturated carbocycles. The van der Waals surface area contributed by atoms with Crippen LogP contribution in [-0.2, 0) is 13.6 Å². The van der Waals surface area contributed by atoms with Crippen LogP contribution in [0.2, 0.25) is 0 Å². The molecule has 0 spiro atoms. The monoisotopic (exact) mass is 259 g/mol. The van der Waals surface area contributed by atoms with E-state index in [4.69, 9.17) is 0 Å². The highest BCUT2D eigenvalue weighted by molar-refractivity contribution is 5.45. The summed E-state index contributed by atoms with van der Waals surface area (Å²) < 4.78 is 3.97. The largest absolute Gasteiger partial charge is 0.377 e. The Kier molecular flexibility index (Phi) is 3.27. The first-order chi connectivity index (χ1) is 9.22. The van der Waals surface area contributed by atoms with Crippen LogP contribution in [0, 0.1) is 6.92 Å². The van der Waals surface area contributed by atoms with E-state index in [2.05, 4.69) is 32.5 Å². The Morgan fingerprint density at radius 3 is 2.79 bits per heavy atom. The van der Waals surface area contributed by atoms with Crippen LogP contribution in [0.25, 0.3) is 0 Å². The number of aromatic nitrogens is 4. The minimum atomic E-state index is 0.619. The highest BCUT2D eigenvalue weighted by Gasteiger charge is 2.17. The Balaban J connectivity index is 1.62. The van der Waals surface area contributed by atoms with E-state index < -0.39 is 0 Å². The summed E-state index contributed by atoms with van der Waals surface area (Å²) in [4.78, 5) is 0. The van der Waals surface area contributed by atoms with Gasteiger partial charge >= 0.3 is 0 Å². The minimum Gasteiger partial charge on any atom is -0.377 e. The van der Waals surface area contributed by atoms with Gasteiger partial charge in [0.05, 0.1) is 29.7 Å². The van der Waals surface area contributed by atoms with Crippen molar-refractivity contribution in [3.8, 4) is 0 Å². The normalized spacial score (nSPS) is 16.1. The fourth-order valence-electron chi connectivity index (χ4n) is 2.80. The third kappa shape index (κ3) is 2.64. The van der Waals surface area contributed by atoms with Gasteiger partial charge in [0.1, 0.15) is 0 Å². The average molecular weight is 259 g/mol. The molecule has 5 nitrogen and oxygen atoms in total. The van der Waals surface area contributed by atoms with Crippen LogP contribution in [0.4, 0.5) is 5.69 Å². The number of hydrogen-bond acceptors (Lipinski definition) is 3. The second kappa shape index (κ2) is 5.07. The summed E-state index contributed by atoms with van der Waals surface area (Å²) in [5.74, 6) is 0. The Labute approximate surface area is 113 Å². The molecule has 1 fully saturated rings. The van der Waals surface area contributed by atoms with Crippen molar-refractivity contribution >= 4 is 5.69 Å². The first kappa shape index (κ1) is 12.3. The number of nitrogens with one attached hydrogen (secondary N) is 1. The maximum Gasteiger partial charge on any atom is 0.0825 e. The molecule has 2 aromatic heterocycles. The molecule has 102 valence electrons. The van der Waals surface area contributed by atoms with Crippen LogP contribution in [-0.4, -0.2) is 19.6 Å². The molecule has 0 unspecified atom stereocenters. The molecule has 0 aliphatic heterocycles. The molecule has 1 aliphatic rings. The summed E-state index contributed by atoms with van der Waals surface area (Å²) in [7, 11) is 1.94. The van der Waals surface area contributed by atoms with E-state index in [1.54, 1.807) is 0 Å². The van der Waals surface area contributed by atoms with Crippen LogP contribution in [0.15, 0.2) is 18.5 Å². The predicted octanol–water partition coefficient (Wildman–Crippen LogP) is 2.65. The molecule has 0 radical (unpaired) electrons. The summed E-state index contributed by atoms with van der Waals surface area (Å²) in [6.45, 7) is 2.77. The molecule has 0 amide bonds.